The Kier molecular flexibility index (Phi) is 7.34. The first-order chi connectivity index (χ1) is 14.0. The molecule has 2 amide bonds. The van der Waals surface area contributed by atoms with E-state index in [1.54, 1.807) is 11.8 Å². The Hall–Kier alpha value is -2.31. The monoisotopic (exact) mass is 411 g/mol. The number of piperazine rings is 1. The lowest BCUT2D eigenvalue weighted by molar-refractivity contribution is -0.133. The average molecular weight is 412 g/mol. The molecule has 29 heavy (non-hydrogen) atoms. The second kappa shape index (κ2) is 9.94. The quantitative estimate of drug-likeness (QED) is 0.740. The van der Waals surface area contributed by atoms with Crippen molar-refractivity contribution in [2.45, 2.75) is 31.2 Å². The summed E-state index contributed by atoms with van der Waals surface area (Å²) in [6.45, 7) is 6.70. The molecule has 0 bridgehead atoms. The third-order valence-electron chi connectivity index (χ3n) is 5.53. The van der Waals surface area contributed by atoms with Gasteiger partial charge in [0.25, 0.3) is 0 Å². The van der Waals surface area contributed by atoms with E-state index in [9.17, 15) is 9.59 Å². The lowest BCUT2D eigenvalue weighted by Crippen LogP contribution is -2.54. The van der Waals surface area contributed by atoms with Crippen LogP contribution in [-0.4, -0.2) is 60.1 Å². The largest absolute Gasteiger partial charge is 0.340 e. The molecule has 1 atom stereocenters. The number of carbonyl (C=O) groups is 2. The van der Waals surface area contributed by atoms with E-state index in [-0.39, 0.29) is 17.9 Å². The highest BCUT2D eigenvalue weighted by Gasteiger charge is 2.27. The molecule has 1 unspecified atom stereocenters. The fraction of sp³-hybridized carbons (Fsp3) is 0.391. The molecule has 1 heterocycles. The van der Waals surface area contributed by atoms with Crippen molar-refractivity contribution in [1.29, 1.82) is 0 Å². The van der Waals surface area contributed by atoms with Crippen molar-refractivity contribution in [3.63, 3.8) is 0 Å². The summed E-state index contributed by atoms with van der Waals surface area (Å²) in [6.07, 6.45) is 2.46. The predicted octanol–water partition coefficient (Wildman–Crippen LogP) is 3.43. The molecule has 1 saturated heterocycles. The highest BCUT2D eigenvalue weighted by Crippen LogP contribution is 2.19. The minimum absolute atomic E-state index is 0.0112. The molecule has 5 nitrogen and oxygen atoms in total. The molecule has 3 rings (SSSR count). The molecule has 0 spiro atoms. The summed E-state index contributed by atoms with van der Waals surface area (Å²) in [5, 5.41) is 3.01. The minimum atomic E-state index is -0.235. The van der Waals surface area contributed by atoms with Crippen molar-refractivity contribution in [3.8, 4) is 0 Å². The molecule has 154 valence electrons. The molecule has 0 aromatic heterocycles. The smallest absolute Gasteiger partial charge is 0.241 e. The molecule has 1 aliphatic heterocycles. The van der Waals surface area contributed by atoms with E-state index in [4.69, 9.17) is 0 Å². The van der Waals surface area contributed by atoms with Crippen LogP contribution in [0.1, 0.15) is 18.1 Å². The number of hydrogen-bond donors (Lipinski definition) is 1. The van der Waals surface area contributed by atoms with Gasteiger partial charge in [0.15, 0.2) is 0 Å². The van der Waals surface area contributed by atoms with Crippen LogP contribution >= 0.6 is 11.8 Å². The number of aryl methyl sites for hydroxylation is 1. The van der Waals surface area contributed by atoms with E-state index in [2.05, 4.69) is 10.2 Å². The maximum atomic E-state index is 12.7. The zero-order valence-corrected chi connectivity index (χ0v) is 18.2. The Labute approximate surface area is 177 Å². The summed E-state index contributed by atoms with van der Waals surface area (Å²) in [7, 11) is 0. The van der Waals surface area contributed by atoms with Gasteiger partial charge in [-0.2, -0.15) is 0 Å². The van der Waals surface area contributed by atoms with E-state index in [1.807, 2.05) is 73.5 Å². The highest BCUT2D eigenvalue weighted by molar-refractivity contribution is 7.98. The molecule has 1 aliphatic rings. The second-order valence-corrected chi connectivity index (χ2v) is 8.30. The SMILES string of the molecule is CSc1cccc(NC(=O)C(C)N2CCN(C(=O)Cc3ccccc3C)CC2)c1. The number of thioether (sulfide) groups is 1. The number of rotatable bonds is 6. The van der Waals surface area contributed by atoms with Gasteiger partial charge in [-0.1, -0.05) is 30.3 Å². The topological polar surface area (TPSA) is 52.7 Å². The van der Waals surface area contributed by atoms with Gasteiger partial charge >= 0.3 is 0 Å². The van der Waals surface area contributed by atoms with E-state index in [0.29, 0.717) is 32.6 Å². The van der Waals surface area contributed by atoms with E-state index in [1.165, 1.54) is 0 Å². The van der Waals surface area contributed by atoms with Crippen molar-refractivity contribution in [3.05, 3.63) is 59.7 Å². The van der Waals surface area contributed by atoms with Crippen LogP contribution in [0.25, 0.3) is 0 Å². The zero-order valence-electron chi connectivity index (χ0n) is 17.4. The zero-order chi connectivity index (χ0) is 20.8. The summed E-state index contributed by atoms with van der Waals surface area (Å²) < 4.78 is 0. The van der Waals surface area contributed by atoms with Crippen LogP contribution in [0.2, 0.25) is 0 Å². The van der Waals surface area contributed by atoms with Crippen LogP contribution in [0.15, 0.2) is 53.4 Å². The number of hydrogen-bond acceptors (Lipinski definition) is 4. The summed E-state index contributed by atoms with van der Waals surface area (Å²) in [4.78, 5) is 30.5. The van der Waals surface area contributed by atoms with Crippen LogP contribution in [0, 0.1) is 6.92 Å². The fourth-order valence-corrected chi connectivity index (χ4v) is 4.01. The Balaban J connectivity index is 1.50. The number of anilines is 1. The first kappa shape index (κ1) is 21.4. The molecule has 1 N–H and O–H groups in total. The number of carbonyl (C=O) groups excluding carboxylic acids is 2. The van der Waals surface area contributed by atoms with Crippen LogP contribution in [-0.2, 0) is 16.0 Å². The first-order valence-corrected chi connectivity index (χ1v) is 11.2. The van der Waals surface area contributed by atoms with Crippen LogP contribution in [0.3, 0.4) is 0 Å². The van der Waals surface area contributed by atoms with Gasteiger partial charge < -0.3 is 10.2 Å². The normalized spacial score (nSPS) is 15.8. The van der Waals surface area contributed by atoms with Crippen molar-refractivity contribution in [2.24, 2.45) is 0 Å². The molecule has 2 aromatic carbocycles. The molecule has 2 aromatic rings. The number of benzene rings is 2. The van der Waals surface area contributed by atoms with Gasteiger partial charge in [-0.05, 0) is 49.4 Å². The van der Waals surface area contributed by atoms with Gasteiger partial charge in [-0.15, -0.1) is 11.8 Å². The molecule has 0 aliphatic carbocycles. The van der Waals surface area contributed by atoms with E-state index < -0.39 is 0 Å². The average Bonchev–Trinajstić information content (AvgIpc) is 2.75. The third kappa shape index (κ3) is 5.61. The Morgan fingerprint density at radius 3 is 2.48 bits per heavy atom. The van der Waals surface area contributed by atoms with Gasteiger partial charge in [-0.3, -0.25) is 14.5 Å². The summed E-state index contributed by atoms with van der Waals surface area (Å²) in [5.74, 6) is 0.146. The third-order valence-corrected chi connectivity index (χ3v) is 6.26. The summed E-state index contributed by atoms with van der Waals surface area (Å²) in [6, 6.07) is 15.7. The predicted molar refractivity (Wildman–Crippen MR) is 119 cm³/mol. The molecule has 1 fully saturated rings. The number of amides is 2. The summed E-state index contributed by atoms with van der Waals surface area (Å²) >= 11 is 1.65. The number of nitrogens with one attached hydrogen (secondary N) is 1. The first-order valence-electron chi connectivity index (χ1n) is 9.99. The van der Waals surface area contributed by atoms with Crippen LogP contribution in [0.5, 0.6) is 0 Å². The van der Waals surface area contributed by atoms with Gasteiger partial charge in [0, 0.05) is 36.8 Å². The highest BCUT2D eigenvalue weighted by atomic mass is 32.2. The Morgan fingerprint density at radius 1 is 1.07 bits per heavy atom. The van der Waals surface area contributed by atoms with Crippen LogP contribution < -0.4 is 5.32 Å². The second-order valence-electron chi connectivity index (χ2n) is 7.42. The van der Waals surface area contributed by atoms with Gasteiger partial charge in [0.1, 0.15) is 0 Å². The molecular formula is C23H29N3O2S. The Bertz CT molecular complexity index is 863. The van der Waals surface area contributed by atoms with Crippen molar-refractivity contribution >= 4 is 29.3 Å². The maximum absolute atomic E-state index is 12.7. The van der Waals surface area contributed by atoms with Crippen molar-refractivity contribution in [2.75, 3.05) is 37.8 Å². The minimum Gasteiger partial charge on any atom is -0.340 e. The fourth-order valence-electron chi connectivity index (χ4n) is 3.56. The molecule has 0 radical (unpaired) electrons. The van der Waals surface area contributed by atoms with Crippen LogP contribution in [0.4, 0.5) is 5.69 Å². The standard InChI is InChI=1S/C23H29N3O2S/c1-17-7-4-5-8-19(17)15-22(27)26-13-11-25(12-14-26)18(2)23(28)24-20-9-6-10-21(16-20)29-3/h4-10,16,18H,11-15H2,1-3H3,(H,24,28). The maximum Gasteiger partial charge on any atom is 0.241 e. The lowest BCUT2D eigenvalue weighted by Gasteiger charge is -2.37. The van der Waals surface area contributed by atoms with Crippen molar-refractivity contribution < 1.29 is 9.59 Å². The molecule has 0 saturated carbocycles. The summed E-state index contributed by atoms with van der Waals surface area (Å²) in [5.41, 5.74) is 3.05. The van der Waals surface area contributed by atoms with Gasteiger partial charge in [-0.25, -0.2) is 0 Å². The van der Waals surface area contributed by atoms with E-state index >= 15 is 0 Å². The molecule has 6 heteroatoms. The number of nitrogens with zero attached hydrogens (tertiary/aromatic N) is 2. The van der Waals surface area contributed by atoms with Crippen molar-refractivity contribution in [1.82, 2.24) is 9.80 Å². The van der Waals surface area contributed by atoms with Gasteiger partial charge in [0.2, 0.25) is 11.8 Å². The Morgan fingerprint density at radius 2 is 1.79 bits per heavy atom. The van der Waals surface area contributed by atoms with Gasteiger partial charge in [0.05, 0.1) is 12.5 Å². The lowest BCUT2D eigenvalue weighted by atomic mass is 10.1. The van der Waals surface area contributed by atoms with E-state index in [0.717, 1.165) is 21.7 Å². The molecular weight excluding hydrogens is 382 g/mol.